The number of hydrogen-bond donors (Lipinski definition) is 1. The smallest absolute Gasteiger partial charge is 0.339 e. The molecule has 2 aliphatic rings. The first kappa shape index (κ1) is 13.3. The number of para-hydroxylation sites is 1. The number of carboxylic acids is 1. The van der Waals surface area contributed by atoms with E-state index in [1.165, 1.54) is 38.5 Å². The maximum Gasteiger partial charge on any atom is 0.339 e. The molecule has 0 saturated heterocycles. The molecule has 0 aromatic heterocycles. The first-order valence-electron chi connectivity index (χ1n) is 7.53. The number of carbonyl (C=O) groups is 1. The molecule has 1 aliphatic carbocycles. The summed E-state index contributed by atoms with van der Waals surface area (Å²) in [6, 6.07) is 5.97. The molecule has 0 spiro atoms. The van der Waals surface area contributed by atoms with Gasteiger partial charge < -0.3 is 14.7 Å². The second-order valence-electron chi connectivity index (χ2n) is 5.65. The Balaban J connectivity index is 1.93. The highest BCUT2D eigenvalue weighted by Gasteiger charge is 2.28. The number of hydrogen-bond acceptors (Lipinski definition) is 3. The number of aromatic carboxylic acids is 1. The van der Waals surface area contributed by atoms with E-state index in [0.29, 0.717) is 18.4 Å². The minimum atomic E-state index is -0.912. The van der Waals surface area contributed by atoms with E-state index in [1.807, 2.05) is 12.1 Å². The Kier molecular flexibility index (Phi) is 3.81. The number of anilines is 1. The Morgan fingerprint density at radius 2 is 1.95 bits per heavy atom. The SMILES string of the molecule is O=C(O)c1cccc2c1OCCN2C1CCCCCC1. The lowest BCUT2D eigenvalue weighted by Gasteiger charge is -2.37. The van der Waals surface area contributed by atoms with Crippen LogP contribution in [-0.4, -0.2) is 30.3 Å². The quantitative estimate of drug-likeness (QED) is 0.841. The molecule has 0 bridgehead atoms. The monoisotopic (exact) mass is 275 g/mol. The molecule has 0 radical (unpaired) electrons. The molecule has 108 valence electrons. The van der Waals surface area contributed by atoms with Crippen molar-refractivity contribution in [1.82, 2.24) is 0 Å². The summed E-state index contributed by atoms with van der Waals surface area (Å²) in [5, 5.41) is 9.28. The molecule has 0 amide bonds. The zero-order chi connectivity index (χ0) is 13.9. The van der Waals surface area contributed by atoms with Gasteiger partial charge in [-0.2, -0.15) is 0 Å². The molecule has 1 saturated carbocycles. The van der Waals surface area contributed by atoms with Gasteiger partial charge in [-0.3, -0.25) is 0 Å². The van der Waals surface area contributed by atoms with E-state index >= 15 is 0 Å². The summed E-state index contributed by atoms with van der Waals surface area (Å²) < 4.78 is 5.65. The normalized spacial score (nSPS) is 19.9. The molecule has 1 aromatic rings. The number of fused-ring (bicyclic) bond motifs is 1. The molecule has 4 nitrogen and oxygen atoms in total. The molecule has 0 unspecified atom stereocenters. The third kappa shape index (κ3) is 2.47. The van der Waals surface area contributed by atoms with Gasteiger partial charge in [0.1, 0.15) is 12.2 Å². The van der Waals surface area contributed by atoms with E-state index in [2.05, 4.69) is 4.90 Å². The van der Waals surface area contributed by atoms with Crippen LogP contribution in [0.3, 0.4) is 0 Å². The van der Waals surface area contributed by atoms with Crippen molar-refractivity contribution in [3.63, 3.8) is 0 Å². The summed E-state index contributed by atoms with van der Waals surface area (Å²) in [6.07, 6.45) is 7.60. The fourth-order valence-corrected chi connectivity index (χ4v) is 3.39. The lowest BCUT2D eigenvalue weighted by Crippen LogP contribution is -2.41. The Morgan fingerprint density at radius 3 is 2.65 bits per heavy atom. The first-order chi connectivity index (χ1) is 9.77. The summed E-state index contributed by atoms with van der Waals surface area (Å²) in [7, 11) is 0. The van der Waals surface area contributed by atoms with Crippen LogP contribution < -0.4 is 9.64 Å². The summed E-state index contributed by atoms with van der Waals surface area (Å²) in [5.74, 6) is -0.361. The number of ether oxygens (including phenoxy) is 1. The number of carboxylic acid groups (broad SMARTS) is 1. The summed E-state index contributed by atoms with van der Waals surface area (Å²) in [6.45, 7) is 1.44. The summed E-state index contributed by atoms with van der Waals surface area (Å²) in [4.78, 5) is 13.7. The zero-order valence-corrected chi connectivity index (χ0v) is 11.7. The van der Waals surface area contributed by atoms with Crippen molar-refractivity contribution in [1.29, 1.82) is 0 Å². The Morgan fingerprint density at radius 1 is 1.20 bits per heavy atom. The fraction of sp³-hybridized carbons (Fsp3) is 0.562. The zero-order valence-electron chi connectivity index (χ0n) is 11.7. The van der Waals surface area contributed by atoms with Gasteiger partial charge in [0.2, 0.25) is 0 Å². The standard InChI is InChI=1S/C16H21NO3/c18-16(19)13-8-5-9-14-15(13)20-11-10-17(14)12-6-3-1-2-4-7-12/h5,8-9,12H,1-4,6-7,10-11H2,(H,18,19). The van der Waals surface area contributed by atoms with Crippen LogP contribution in [0.4, 0.5) is 5.69 Å². The average Bonchev–Trinajstić information content (AvgIpc) is 2.74. The van der Waals surface area contributed by atoms with Gasteiger partial charge in [0, 0.05) is 6.04 Å². The van der Waals surface area contributed by atoms with Crippen LogP contribution >= 0.6 is 0 Å². The third-order valence-corrected chi connectivity index (χ3v) is 4.38. The Labute approximate surface area is 119 Å². The van der Waals surface area contributed by atoms with E-state index in [1.54, 1.807) is 6.07 Å². The Bertz CT molecular complexity index is 492. The maximum absolute atomic E-state index is 11.3. The molecule has 20 heavy (non-hydrogen) atoms. The molecule has 1 fully saturated rings. The predicted molar refractivity (Wildman–Crippen MR) is 77.7 cm³/mol. The highest BCUT2D eigenvalue weighted by Crippen LogP contribution is 2.38. The molecule has 1 aliphatic heterocycles. The molecule has 4 heteroatoms. The number of nitrogens with zero attached hydrogens (tertiary/aromatic N) is 1. The van der Waals surface area contributed by atoms with Crippen LogP contribution in [0.2, 0.25) is 0 Å². The molecule has 1 heterocycles. The van der Waals surface area contributed by atoms with Crippen molar-refractivity contribution >= 4 is 11.7 Å². The van der Waals surface area contributed by atoms with Crippen LogP contribution in [0.15, 0.2) is 18.2 Å². The second-order valence-corrected chi connectivity index (χ2v) is 5.65. The van der Waals surface area contributed by atoms with Gasteiger partial charge in [-0.05, 0) is 25.0 Å². The topological polar surface area (TPSA) is 49.8 Å². The maximum atomic E-state index is 11.3. The van der Waals surface area contributed by atoms with Crippen molar-refractivity contribution in [3.8, 4) is 5.75 Å². The van der Waals surface area contributed by atoms with Gasteiger partial charge in [0.05, 0.1) is 12.2 Å². The van der Waals surface area contributed by atoms with Crippen LogP contribution in [-0.2, 0) is 0 Å². The van der Waals surface area contributed by atoms with Gasteiger partial charge in [-0.15, -0.1) is 0 Å². The first-order valence-corrected chi connectivity index (χ1v) is 7.53. The van der Waals surface area contributed by atoms with Crippen molar-refractivity contribution in [3.05, 3.63) is 23.8 Å². The highest BCUT2D eigenvalue weighted by molar-refractivity contribution is 5.93. The molecule has 3 rings (SSSR count). The molecular formula is C16H21NO3. The van der Waals surface area contributed by atoms with Gasteiger partial charge in [0.25, 0.3) is 0 Å². The predicted octanol–water partition coefficient (Wildman–Crippen LogP) is 3.31. The van der Waals surface area contributed by atoms with E-state index in [4.69, 9.17) is 4.74 Å². The molecule has 1 aromatic carbocycles. The van der Waals surface area contributed by atoms with Gasteiger partial charge >= 0.3 is 5.97 Å². The fourth-order valence-electron chi connectivity index (χ4n) is 3.39. The lowest BCUT2D eigenvalue weighted by molar-refractivity contribution is 0.0692. The third-order valence-electron chi connectivity index (χ3n) is 4.38. The van der Waals surface area contributed by atoms with Crippen molar-refractivity contribution in [2.24, 2.45) is 0 Å². The molecule has 0 atom stereocenters. The van der Waals surface area contributed by atoms with E-state index in [-0.39, 0.29) is 5.56 Å². The van der Waals surface area contributed by atoms with Crippen molar-refractivity contribution < 1.29 is 14.6 Å². The van der Waals surface area contributed by atoms with E-state index in [9.17, 15) is 9.90 Å². The number of rotatable bonds is 2. The van der Waals surface area contributed by atoms with Gasteiger partial charge in [-0.1, -0.05) is 31.7 Å². The van der Waals surface area contributed by atoms with E-state index in [0.717, 1.165) is 12.2 Å². The Hall–Kier alpha value is -1.71. The number of benzene rings is 1. The lowest BCUT2D eigenvalue weighted by atomic mass is 10.0. The largest absolute Gasteiger partial charge is 0.489 e. The average molecular weight is 275 g/mol. The van der Waals surface area contributed by atoms with Crippen LogP contribution in [0.25, 0.3) is 0 Å². The van der Waals surface area contributed by atoms with Crippen molar-refractivity contribution in [2.75, 3.05) is 18.1 Å². The summed E-state index contributed by atoms with van der Waals surface area (Å²) >= 11 is 0. The summed E-state index contributed by atoms with van der Waals surface area (Å²) in [5.41, 5.74) is 1.24. The minimum absolute atomic E-state index is 0.279. The second kappa shape index (κ2) is 5.73. The van der Waals surface area contributed by atoms with Gasteiger partial charge in [0.15, 0.2) is 5.75 Å². The molecular weight excluding hydrogens is 254 g/mol. The van der Waals surface area contributed by atoms with Crippen molar-refractivity contribution in [2.45, 2.75) is 44.6 Å². The molecule has 1 N–H and O–H groups in total. The minimum Gasteiger partial charge on any atom is -0.489 e. The van der Waals surface area contributed by atoms with E-state index < -0.39 is 5.97 Å². The highest BCUT2D eigenvalue weighted by atomic mass is 16.5. The van der Waals surface area contributed by atoms with Crippen LogP contribution in [0.5, 0.6) is 5.75 Å². The van der Waals surface area contributed by atoms with Crippen LogP contribution in [0.1, 0.15) is 48.9 Å². The van der Waals surface area contributed by atoms with Crippen LogP contribution in [0, 0.1) is 0 Å². The van der Waals surface area contributed by atoms with Gasteiger partial charge in [-0.25, -0.2) is 4.79 Å².